The van der Waals surface area contributed by atoms with Crippen LogP contribution in [0.2, 0.25) is 0 Å². The van der Waals surface area contributed by atoms with Crippen molar-refractivity contribution in [1.29, 1.82) is 0 Å². The average molecular weight is 267 g/mol. The van der Waals surface area contributed by atoms with Gasteiger partial charge in [-0.3, -0.25) is 9.59 Å². The molecule has 0 aromatic heterocycles. The first-order valence-electron chi connectivity index (χ1n) is 7.43. The summed E-state index contributed by atoms with van der Waals surface area (Å²) in [6.07, 6.45) is 6.24. The van der Waals surface area contributed by atoms with Gasteiger partial charge in [0.2, 0.25) is 11.8 Å². The first-order chi connectivity index (χ1) is 9.07. The molecule has 2 rings (SSSR count). The Kier molecular flexibility index (Phi) is 4.45. The zero-order valence-electron chi connectivity index (χ0n) is 11.7. The minimum absolute atomic E-state index is 0.0758. The van der Waals surface area contributed by atoms with Crippen LogP contribution in [0.25, 0.3) is 0 Å². The van der Waals surface area contributed by atoms with Crippen LogP contribution in [0.5, 0.6) is 0 Å². The highest BCUT2D eigenvalue weighted by Crippen LogP contribution is 2.27. The van der Waals surface area contributed by atoms with E-state index < -0.39 is 0 Å². The topological polar surface area (TPSA) is 84.2 Å². The Balaban J connectivity index is 1.93. The number of rotatable bonds is 4. The summed E-state index contributed by atoms with van der Waals surface area (Å²) in [7, 11) is 0. The summed E-state index contributed by atoms with van der Waals surface area (Å²) in [6, 6.07) is 0.101. The van der Waals surface area contributed by atoms with Gasteiger partial charge >= 0.3 is 0 Å². The van der Waals surface area contributed by atoms with Gasteiger partial charge in [-0.2, -0.15) is 0 Å². The molecule has 0 aromatic rings. The largest absolute Gasteiger partial charge is 0.369 e. The molecule has 108 valence electrons. The van der Waals surface area contributed by atoms with E-state index >= 15 is 0 Å². The van der Waals surface area contributed by atoms with Gasteiger partial charge in [0.05, 0.1) is 5.54 Å². The third kappa shape index (κ3) is 3.08. The maximum atomic E-state index is 12.5. The average Bonchev–Trinajstić information content (AvgIpc) is 2.89. The van der Waals surface area contributed by atoms with E-state index in [1.54, 1.807) is 0 Å². The minimum Gasteiger partial charge on any atom is -0.369 e. The van der Waals surface area contributed by atoms with Gasteiger partial charge in [0.1, 0.15) is 0 Å². The van der Waals surface area contributed by atoms with E-state index in [0.29, 0.717) is 6.42 Å². The second-order valence-electron chi connectivity index (χ2n) is 5.90. The van der Waals surface area contributed by atoms with Gasteiger partial charge in [0.15, 0.2) is 0 Å². The Morgan fingerprint density at radius 3 is 2.74 bits per heavy atom. The number of amides is 2. The Bertz CT molecular complexity index is 351. The fourth-order valence-corrected chi connectivity index (χ4v) is 3.37. The molecule has 2 fully saturated rings. The number of nitrogens with two attached hydrogens (primary N) is 1. The maximum Gasteiger partial charge on any atom is 0.240 e. The van der Waals surface area contributed by atoms with Crippen molar-refractivity contribution in [1.82, 2.24) is 10.6 Å². The molecular formula is C14H25N3O2. The predicted octanol–water partition coefficient (Wildman–Crippen LogP) is 0.679. The number of hydrogen-bond donors (Lipinski definition) is 3. The quantitative estimate of drug-likeness (QED) is 0.700. The van der Waals surface area contributed by atoms with Gasteiger partial charge in [0.25, 0.3) is 0 Å². The Labute approximate surface area is 114 Å². The molecule has 1 heterocycles. The smallest absolute Gasteiger partial charge is 0.240 e. The molecule has 1 saturated heterocycles. The molecule has 0 aromatic carbocycles. The van der Waals surface area contributed by atoms with Gasteiger partial charge in [-0.15, -0.1) is 0 Å². The lowest BCUT2D eigenvalue weighted by Gasteiger charge is -2.33. The van der Waals surface area contributed by atoms with Crippen molar-refractivity contribution in [3.63, 3.8) is 0 Å². The standard InChI is InChI=1S/C14H25N3O2/c1-2-14(7-4-8-16-14)13(19)17-11-6-3-5-10(9-11)12(15)18/h10-11,16H,2-9H2,1H3,(H2,15,18)(H,17,19). The molecule has 1 aliphatic heterocycles. The molecule has 19 heavy (non-hydrogen) atoms. The number of carbonyl (C=O) groups is 2. The number of primary amides is 1. The second kappa shape index (κ2) is 5.90. The van der Waals surface area contributed by atoms with E-state index in [9.17, 15) is 9.59 Å². The number of hydrogen-bond acceptors (Lipinski definition) is 3. The van der Waals surface area contributed by atoms with Crippen molar-refractivity contribution in [2.75, 3.05) is 6.54 Å². The highest BCUT2D eigenvalue weighted by atomic mass is 16.2. The SMILES string of the molecule is CCC1(C(=O)NC2CCCC(C(N)=O)C2)CCCN1. The van der Waals surface area contributed by atoms with Gasteiger partial charge in [-0.05, 0) is 45.1 Å². The third-order valence-electron chi connectivity index (χ3n) is 4.69. The molecule has 3 atom stereocenters. The van der Waals surface area contributed by atoms with Crippen LogP contribution >= 0.6 is 0 Å². The summed E-state index contributed by atoms with van der Waals surface area (Å²) in [6.45, 7) is 2.96. The van der Waals surface area contributed by atoms with Crippen LogP contribution in [0.1, 0.15) is 51.9 Å². The fraction of sp³-hybridized carbons (Fsp3) is 0.857. The van der Waals surface area contributed by atoms with Crippen molar-refractivity contribution in [2.45, 2.75) is 63.5 Å². The van der Waals surface area contributed by atoms with E-state index in [4.69, 9.17) is 5.73 Å². The van der Waals surface area contributed by atoms with Crippen LogP contribution in [-0.2, 0) is 9.59 Å². The Morgan fingerprint density at radius 2 is 2.16 bits per heavy atom. The van der Waals surface area contributed by atoms with Crippen molar-refractivity contribution in [3.8, 4) is 0 Å². The molecule has 2 amide bonds. The van der Waals surface area contributed by atoms with Gasteiger partial charge < -0.3 is 16.4 Å². The predicted molar refractivity (Wildman–Crippen MR) is 73.3 cm³/mol. The monoisotopic (exact) mass is 267 g/mol. The van der Waals surface area contributed by atoms with E-state index in [1.807, 2.05) is 6.92 Å². The van der Waals surface area contributed by atoms with Crippen molar-refractivity contribution >= 4 is 11.8 Å². The molecule has 5 nitrogen and oxygen atoms in total. The van der Waals surface area contributed by atoms with Gasteiger partial charge in [0, 0.05) is 12.0 Å². The van der Waals surface area contributed by atoms with Gasteiger partial charge in [-0.1, -0.05) is 13.3 Å². The zero-order chi connectivity index (χ0) is 13.9. The molecule has 1 saturated carbocycles. The van der Waals surface area contributed by atoms with E-state index in [1.165, 1.54) is 0 Å². The van der Waals surface area contributed by atoms with Crippen LogP contribution in [0.4, 0.5) is 0 Å². The van der Waals surface area contributed by atoms with Crippen LogP contribution < -0.4 is 16.4 Å². The first kappa shape index (κ1) is 14.3. The molecule has 0 bridgehead atoms. The third-order valence-corrected chi connectivity index (χ3v) is 4.69. The highest BCUT2D eigenvalue weighted by molar-refractivity contribution is 5.87. The summed E-state index contributed by atoms with van der Waals surface area (Å²) < 4.78 is 0. The fourth-order valence-electron chi connectivity index (χ4n) is 3.37. The van der Waals surface area contributed by atoms with E-state index in [-0.39, 0.29) is 29.3 Å². The molecular weight excluding hydrogens is 242 g/mol. The minimum atomic E-state index is -0.389. The number of nitrogens with one attached hydrogen (secondary N) is 2. The van der Waals surface area contributed by atoms with Crippen LogP contribution in [0.3, 0.4) is 0 Å². The van der Waals surface area contributed by atoms with Crippen LogP contribution in [-0.4, -0.2) is 29.9 Å². The molecule has 5 heteroatoms. The maximum absolute atomic E-state index is 12.5. The molecule has 0 spiro atoms. The van der Waals surface area contributed by atoms with E-state index in [2.05, 4.69) is 10.6 Å². The second-order valence-corrected chi connectivity index (χ2v) is 5.90. The first-order valence-corrected chi connectivity index (χ1v) is 7.43. The lowest BCUT2D eigenvalue weighted by atomic mass is 9.84. The normalized spacial score (nSPS) is 35.0. The Hall–Kier alpha value is -1.10. The molecule has 3 unspecified atom stereocenters. The Morgan fingerprint density at radius 1 is 1.37 bits per heavy atom. The molecule has 1 aliphatic carbocycles. The van der Waals surface area contributed by atoms with E-state index in [0.717, 1.165) is 45.1 Å². The summed E-state index contributed by atoms with van der Waals surface area (Å²) in [5.74, 6) is -0.209. The lowest BCUT2D eigenvalue weighted by Crippen LogP contribution is -2.56. The molecule has 4 N–H and O–H groups in total. The van der Waals surface area contributed by atoms with Crippen molar-refractivity contribution < 1.29 is 9.59 Å². The van der Waals surface area contributed by atoms with Crippen LogP contribution in [0.15, 0.2) is 0 Å². The van der Waals surface area contributed by atoms with Crippen molar-refractivity contribution in [3.05, 3.63) is 0 Å². The summed E-state index contributed by atoms with van der Waals surface area (Å²) in [4.78, 5) is 23.7. The molecule has 0 radical (unpaired) electrons. The van der Waals surface area contributed by atoms with Gasteiger partial charge in [-0.25, -0.2) is 0 Å². The number of carbonyl (C=O) groups excluding carboxylic acids is 2. The summed E-state index contributed by atoms with van der Waals surface area (Å²) in [5.41, 5.74) is 4.98. The van der Waals surface area contributed by atoms with Crippen molar-refractivity contribution in [2.24, 2.45) is 11.7 Å². The summed E-state index contributed by atoms with van der Waals surface area (Å²) in [5, 5.41) is 6.47. The molecule has 2 aliphatic rings. The lowest BCUT2D eigenvalue weighted by molar-refractivity contribution is -0.129. The highest BCUT2D eigenvalue weighted by Gasteiger charge is 2.40. The van der Waals surface area contributed by atoms with Crippen LogP contribution in [0, 0.1) is 5.92 Å². The zero-order valence-corrected chi connectivity index (χ0v) is 11.7. The summed E-state index contributed by atoms with van der Waals surface area (Å²) >= 11 is 0.